The quantitative estimate of drug-likeness (QED) is 0.848. The number of anilines is 1. The molecule has 4 rings (SSSR count). The predicted molar refractivity (Wildman–Crippen MR) is 110 cm³/mol. The average molecular weight is 392 g/mol. The summed E-state index contributed by atoms with van der Waals surface area (Å²) in [4.78, 5) is 38.0. The lowest BCUT2D eigenvalue weighted by Crippen LogP contribution is -2.34. The Bertz CT molecular complexity index is 1010. The summed E-state index contributed by atoms with van der Waals surface area (Å²) in [5, 5.41) is 7.50. The van der Waals surface area contributed by atoms with Gasteiger partial charge >= 0.3 is 0 Å². The number of nitrogens with one attached hydrogen (secondary N) is 1. The van der Waals surface area contributed by atoms with Gasteiger partial charge in [0.1, 0.15) is 5.82 Å². The molecule has 8 nitrogen and oxygen atoms in total. The first-order valence-electron chi connectivity index (χ1n) is 9.85. The van der Waals surface area contributed by atoms with Crippen LogP contribution >= 0.6 is 0 Å². The summed E-state index contributed by atoms with van der Waals surface area (Å²) in [5.41, 5.74) is 1.86. The molecule has 0 saturated heterocycles. The molecule has 0 radical (unpaired) electrons. The summed E-state index contributed by atoms with van der Waals surface area (Å²) in [5.74, 6) is -0.0329. The molecule has 2 aromatic rings. The monoisotopic (exact) mass is 392 g/mol. The molecule has 0 bridgehead atoms. The summed E-state index contributed by atoms with van der Waals surface area (Å²) < 4.78 is 1.47. The van der Waals surface area contributed by atoms with Gasteiger partial charge < -0.3 is 5.32 Å². The normalized spacial score (nSPS) is 19.3. The predicted octanol–water partition coefficient (Wildman–Crippen LogP) is 3.20. The number of carbonyl (C=O) groups excluding carboxylic acids is 2. The lowest BCUT2D eigenvalue weighted by Gasteiger charge is -2.24. The van der Waals surface area contributed by atoms with Crippen LogP contribution < -0.4 is 5.32 Å². The first kappa shape index (κ1) is 19.2. The molecule has 3 heterocycles. The van der Waals surface area contributed by atoms with E-state index >= 15 is 0 Å². The maximum Gasteiger partial charge on any atom is 0.257 e. The number of aromatic nitrogens is 3. The Morgan fingerprint density at radius 2 is 1.93 bits per heavy atom. The highest BCUT2D eigenvalue weighted by atomic mass is 16.2. The molecule has 2 aromatic heterocycles. The molecule has 1 aliphatic carbocycles. The third kappa shape index (κ3) is 3.87. The van der Waals surface area contributed by atoms with Gasteiger partial charge in [-0.05, 0) is 31.4 Å². The number of hydrogen-bond acceptors (Lipinski definition) is 5. The molecule has 0 spiro atoms. The van der Waals surface area contributed by atoms with Crippen LogP contribution in [0.3, 0.4) is 0 Å². The second kappa shape index (κ2) is 7.35. The van der Waals surface area contributed by atoms with E-state index in [0.29, 0.717) is 11.4 Å². The van der Waals surface area contributed by atoms with Crippen LogP contribution in [-0.4, -0.2) is 38.3 Å². The first-order chi connectivity index (χ1) is 13.8. The zero-order valence-corrected chi connectivity index (χ0v) is 16.8. The third-order valence-corrected chi connectivity index (χ3v) is 5.18. The van der Waals surface area contributed by atoms with Crippen molar-refractivity contribution in [2.24, 2.45) is 15.9 Å². The first-order valence-corrected chi connectivity index (χ1v) is 9.85. The minimum absolute atomic E-state index is 0.177. The molecule has 150 valence electrons. The molecule has 1 atom stereocenters. The number of nitrogens with zero attached hydrogens (tertiary/aromatic N) is 5. The zero-order chi connectivity index (χ0) is 20.6. The number of carbonyl (C=O) groups is 2. The van der Waals surface area contributed by atoms with E-state index in [0.717, 1.165) is 37.1 Å². The third-order valence-electron chi connectivity index (χ3n) is 5.18. The van der Waals surface area contributed by atoms with Crippen LogP contribution in [0.25, 0.3) is 0 Å². The lowest BCUT2D eigenvalue weighted by atomic mass is 9.86. The van der Waals surface area contributed by atoms with Gasteiger partial charge in [-0.2, -0.15) is 14.8 Å². The number of hydrogen-bond donors (Lipinski definition) is 1. The van der Waals surface area contributed by atoms with E-state index in [2.05, 4.69) is 25.4 Å². The maximum absolute atomic E-state index is 12.7. The van der Waals surface area contributed by atoms with Crippen molar-refractivity contribution in [2.75, 3.05) is 5.32 Å². The highest BCUT2D eigenvalue weighted by Crippen LogP contribution is 2.28. The molecule has 8 heteroatoms. The van der Waals surface area contributed by atoms with Crippen molar-refractivity contribution in [3.05, 3.63) is 41.9 Å². The van der Waals surface area contributed by atoms with Crippen LogP contribution in [0.5, 0.6) is 0 Å². The van der Waals surface area contributed by atoms with E-state index in [1.54, 1.807) is 30.6 Å². The zero-order valence-electron chi connectivity index (χ0n) is 16.8. The fourth-order valence-corrected chi connectivity index (χ4v) is 3.50. The Labute approximate surface area is 169 Å². The van der Waals surface area contributed by atoms with Crippen LogP contribution in [0, 0.1) is 5.92 Å². The van der Waals surface area contributed by atoms with Gasteiger partial charge in [0.15, 0.2) is 0 Å². The van der Waals surface area contributed by atoms with Crippen molar-refractivity contribution in [2.45, 2.75) is 51.9 Å². The van der Waals surface area contributed by atoms with Crippen molar-refractivity contribution in [3.63, 3.8) is 0 Å². The number of pyridine rings is 1. The van der Waals surface area contributed by atoms with E-state index in [1.165, 1.54) is 4.68 Å². The van der Waals surface area contributed by atoms with Crippen LogP contribution in [0.1, 0.15) is 62.5 Å². The Morgan fingerprint density at radius 3 is 2.66 bits per heavy atom. The Morgan fingerprint density at radius 1 is 1.17 bits per heavy atom. The number of aliphatic imine (C=N–C) groups is 2. The molecule has 1 fully saturated rings. The molecular weight excluding hydrogens is 368 g/mol. The molecular formula is C21H24N6O2. The van der Waals surface area contributed by atoms with Gasteiger partial charge in [0.2, 0.25) is 0 Å². The molecule has 1 unspecified atom stereocenters. The van der Waals surface area contributed by atoms with Gasteiger partial charge in [0.05, 0.1) is 11.6 Å². The summed E-state index contributed by atoms with van der Waals surface area (Å²) in [6, 6.07) is 5.07. The van der Waals surface area contributed by atoms with Crippen LogP contribution in [0.4, 0.5) is 5.82 Å². The summed E-state index contributed by atoms with van der Waals surface area (Å²) in [6.07, 6.45) is 6.75. The number of rotatable bonds is 2. The number of amides is 2. The lowest BCUT2D eigenvalue weighted by molar-refractivity contribution is -0.120. The minimum Gasteiger partial charge on any atom is -0.306 e. The molecule has 29 heavy (non-hydrogen) atoms. The number of fused-ring (bicyclic) bond motifs is 1. The summed E-state index contributed by atoms with van der Waals surface area (Å²) in [6.45, 7) is 6.10. The second-order valence-corrected chi connectivity index (χ2v) is 8.42. The highest BCUT2D eigenvalue weighted by Gasteiger charge is 2.32. The second-order valence-electron chi connectivity index (χ2n) is 8.42. The molecule has 2 aliphatic rings. The van der Waals surface area contributed by atoms with E-state index in [4.69, 9.17) is 0 Å². The summed E-state index contributed by atoms with van der Waals surface area (Å²) >= 11 is 0. The van der Waals surface area contributed by atoms with Crippen LogP contribution in [0.15, 0.2) is 40.6 Å². The standard InChI is InChI=1S/C21H24N6O2/c1-21(2,3)16-12-17(24-18(28)13-8-10-22-11-9-13)27(26-16)20-23-15-7-5-4-6-14(15)19(29)25-20/h8-12,14H,4-7H2,1-3H3,(H,24,28). The average Bonchev–Trinajstić information content (AvgIpc) is 3.13. The molecule has 1 aliphatic heterocycles. The summed E-state index contributed by atoms with van der Waals surface area (Å²) in [7, 11) is 0. The fraction of sp³-hybridized carbons (Fsp3) is 0.429. The van der Waals surface area contributed by atoms with Gasteiger partial charge in [-0.3, -0.25) is 14.6 Å². The van der Waals surface area contributed by atoms with Crippen molar-refractivity contribution in [1.29, 1.82) is 0 Å². The van der Waals surface area contributed by atoms with Gasteiger partial charge in [-0.15, -0.1) is 0 Å². The molecule has 2 amide bonds. The Balaban J connectivity index is 1.73. The van der Waals surface area contributed by atoms with Gasteiger partial charge in [0, 0.05) is 35.2 Å². The van der Waals surface area contributed by atoms with E-state index < -0.39 is 0 Å². The maximum atomic E-state index is 12.7. The van der Waals surface area contributed by atoms with Gasteiger partial charge in [-0.25, -0.2) is 4.99 Å². The van der Waals surface area contributed by atoms with E-state index in [1.807, 2.05) is 20.8 Å². The fourth-order valence-electron chi connectivity index (χ4n) is 3.50. The molecule has 1 N–H and O–H groups in total. The van der Waals surface area contributed by atoms with Crippen molar-refractivity contribution in [3.8, 4) is 0 Å². The topological polar surface area (TPSA) is 102 Å². The van der Waals surface area contributed by atoms with Crippen molar-refractivity contribution < 1.29 is 9.59 Å². The molecule has 0 aromatic carbocycles. The van der Waals surface area contributed by atoms with E-state index in [-0.39, 0.29) is 29.1 Å². The van der Waals surface area contributed by atoms with Crippen LogP contribution in [0.2, 0.25) is 0 Å². The van der Waals surface area contributed by atoms with Gasteiger partial charge in [0.25, 0.3) is 17.8 Å². The highest BCUT2D eigenvalue weighted by molar-refractivity contribution is 6.16. The van der Waals surface area contributed by atoms with Crippen LogP contribution in [-0.2, 0) is 10.2 Å². The van der Waals surface area contributed by atoms with Gasteiger partial charge in [-0.1, -0.05) is 27.2 Å². The minimum atomic E-state index is -0.292. The van der Waals surface area contributed by atoms with Crippen molar-refractivity contribution >= 4 is 29.3 Å². The Hall–Kier alpha value is -3.16. The largest absolute Gasteiger partial charge is 0.306 e. The SMILES string of the molecule is CC(C)(C)c1cc(NC(=O)c2ccncc2)n(C2=NC(=O)C3CCCCC3=N2)n1. The Kier molecular flexibility index (Phi) is 4.86. The molecule has 1 saturated carbocycles. The smallest absolute Gasteiger partial charge is 0.257 e. The van der Waals surface area contributed by atoms with E-state index in [9.17, 15) is 9.59 Å². The van der Waals surface area contributed by atoms with Crippen molar-refractivity contribution in [1.82, 2.24) is 14.8 Å².